The first-order chi connectivity index (χ1) is 13.3. The molecule has 0 fully saturated rings. The Morgan fingerprint density at radius 2 is 2.07 bits per heavy atom. The summed E-state index contributed by atoms with van der Waals surface area (Å²) in [4.78, 5) is 18.3. The highest BCUT2D eigenvalue weighted by molar-refractivity contribution is 7.15. The summed E-state index contributed by atoms with van der Waals surface area (Å²) in [5, 5.41) is 3.57. The lowest BCUT2D eigenvalue weighted by molar-refractivity contribution is -0.111. The third kappa shape index (κ3) is 4.73. The van der Waals surface area contributed by atoms with Gasteiger partial charge in [0, 0.05) is 16.5 Å². The van der Waals surface area contributed by atoms with Crippen molar-refractivity contribution in [1.29, 1.82) is 0 Å². The second kappa shape index (κ2) is 8.35. The molecule has 0 aliphatic heterocycles. The zero-order valence-electron chi connectivity index (χ0n) is 17.2. The maximum Gasteiger partial charge on any atom is 0.250 e. The lowest BCUT2D eigenvalue weighted by Gasteiger charge is -2.33. The minimum absolute atomic E-state index is 0.205. The maximum absolute atomic E-state index is 12.4. The number of aromatic nitrogens is 1. The predicted octanol–water partition coefficient (Wildman–Crippen LogP) is 4.96. The lowest BCUT2D eigenvalue weighted by Crippen LogP contribution is -2.26. The number of anilines is 1. The molecule has 0 spiro atoms. The number of rotatable bonds is 5. The molecule has 1 unspecified atom stereocenters. The number of nitrogens with zero attached hydrogens (tertiary/aromatic N) is 1. The number of hydrogen-bond acceptors (Lipinski definition) is 5. The van der Waals surface area contributed by atoms with Gasteiger partial charge >= 0.3 is 0 Å². The highest BCUT2D eigenvalue weighted by Gasteiger charge is 2.30. The quantitative estimate of drug-likeness (QED) is 0.721. The van der Waals surface area contributed by atoms with Crippen LogP contribution in [0.5, 0.6) is 11.5 Å². The predicted molar refractivity (Wildman–Crippen MR) is 114 cm³/mol. The Morgan fingerprint density at radius 1 is 1.29 bits per heavy atom. The summed E-state index contributed by atoms with van der Waals surface area (Å²) in [7, 11) is 3.21. The third-order valence-corrected chi connectivity index (χ3v) is 6.28. The molecule has 1 aliphatic carbocycles. The Labute approximate surface area is 170 Å². The molecule has 1 N–H and O–H groups in total. The largest absolute Gasteiger partial charge is 0.497 e. The topological polar surface area (TPSA) is 60.5 Å². The summed E-state index contributed by atoms with van der Waals surface area (Å²) in [5.74, 6) is 1.84. The summed E-state index contributed by atoms with van der Waals surface area (Å²) in [5.41, 5.74) is 2.21. The van der Waals surface area contributed by atoms with E-state index in [-0.39, 0.29) is 5.91 Å². The number of carbonyl (C=O) groups is 1. The fourth-order valence-corrected chi connectivity index (χ4v) is 4.54. The fourth-order valence-electron chi connectivity index (χ4n) is 3.45. The van der Waals surface area contributed by atoms with E-state index in [4.69, 9.17) is 9.47 Å². The summed E-state index contributed by atoms with van der Waals surface area (Å²) >= 11 is 1.60. The summed E-state index contributed by atoms with van der Waals surface area (Å²) < 4.78 is 10.6. The summed E-state index contributed by atoms with van der Waals surface area (Å²) in [6.07, 6.45) is 6.41. The zero-order chi connectivity index (χ0) is 20.3. The van der Waals surface area contributed by atoms with Gasteiger partial charge in [-0.3, -0.25) is 10.1 Å². The Balaban J connectivity index is 1.68. The molecule has 150 valence electrons. The van der Waals surface area contributed by atoms with Gasteiger partial charge in [-0.1, -0.05) is 20.8 Å². The molecule has 1 aromatic heterocycles. The second-order valence-electron chi connectivity index (χ2n) is 8.13. The maximum atomic E-state index is 12.4. The van der Waals surface area contributed by atoms with Crippen molar-refractivity contribution in [2.45, 2.75) is 40.0 Å². The van der Waals surface area contributed by atoms with Crippen molar-refractivity contribution in [3.8, 4) is 11.5 Å². The van der Waals surface area contributed by atoms with Crippen molar-refractivity contribution < 1.29 is 14.3 Å². The van der Waals surface area contributed by atoms with Gasteiger partial charge in [0.05, 0.1) is 19.9 Å². The second-order valence-corrected chi connectivity index (χ2v) is 9.21. The first kappa shape index (κ1) is 20.4. The van der Waals surface area contributed by atoms with Gasteiger partial charge in [-0.05, 0) is 54.9 Å². The Hall–Kier alpha value is -2.34. The Kier molecular flexibility index (Phi) is 6.08. The normalized spacial score (nSPS) is 16.7. The number of aryl methyl sites for hydroxylation is 1. The third-order valence-electron chi connectivity index (χ3n) is 5.25. The van der Waals surface area contributed by atoms with Gasteiger partial charge in [0.2, 0.25) is 5.91 Å². The standard InChI is InChI=1S/C22H28N2O3S/c1-22(2,3)15-7-9-17-19(13-15)28-21(23-17)24-20(25)11-6-14-12-16(26-4)8-10-18(14)27-5/h6,8,10-12,15H,7,9,13H2,1-5H3,(H,23,24,25)/b11-6+. The van der Waals surface area contributed by atoms with Crippen LogP contribution in [0, 0.1) is 11.3 Å². The van der Waals surface area contributed by atoms with Gasteiger partial charge in [-0.2, -0.15) is 0 Å². The molecular formula is C22H28N2O3S. The molecule has 0 bridgehead atoms. The molecule has 1 amide bonds. The summed E-state index contributed by atoms with van der Waals surface area (Å²) in [6, 6.07) is 5.47. The van der Waals surface area contributed by atoms with Gasteiger partial charge in [0.25, 0.3) is 0 Å². The van der Waals surface area contributed by atoms with Crippen molar-refractivity contribution in [2.75, 3.05) is 19.5 Å². The van der Waals surface area contributed by atoms with E-state index in [1.54, 1.807) is 31.6 Å². The van der Waals surface area contributed by atoms with Gasteiger partial charge in [-0.25, -0.2) is 4.98 Å². The van der Waals surface area contributed by atoms with Crippen molar-refractivity contribution in [2.24, 2.45) is 11.3 Å². The van der Waals surface area contributed by atoms with Gasteiger partial charge in [-0.15, -0.1) is 11.3 Å². The molecular weight excluding hydrogens is 372 g/mol. The van der Waals surface area contributed by atoms with Gasteiger partial charge < -0.3 is 9.47 Å². The van der Waals surface area contributed by atoms with Crippen LogP contribution in [0.4, 0.5) is 5.13 Å². The molecule has 1 atom stereocenters. The molecule has 1 aliphatic rings. The molecule has 28 heavy (non-hydrogen) atoms. The lowest BCUT2D eigenvalue weighted by atomic mass is 9.73. The zero-order valence-corrected chi connectivity index (χ0v) is 18.0. The average molecular weight is 401 g/mol. The SMILES string of the molecule is COc1ccc(OC)c(/C=C/C(=O)Nc2nc3c(s2)CC(C(C)(C)C)CC3)c1. The van der Waals surface area contributed by atoms with E-state index in [0.717, 1.165) is 30.5 Å². The molecule has 1 heterocycles. The molecule has 0 saturated heterocycles. The van der Waals surface area contributed by atoms with Crippen LogP contribution >= 0.6 is 11.3 Å². The number of carbonyl (C=O) groups excluding carboxylic acids is 1. The summed E-state index contributed by atoms with van der Waals surface area (Å²) in [6.45, 7) is 6.89. The Bertz CT molecular complexity index is 880. The minimum atomic E-state index is -0.205. The Morgan fingerprint density at radius 3 is 2.75 bits per heavy atom. The molecule has 6 heteroatoms. The number of thiazole rings is 1. The van der Waals surface area contributed by atoms with Crippen LogP contribution in [0.2, 0.25) is 0 Å². The number of fused-ring (bicyclic) bond motifs is 1. The van der Waals surface area contributed by atoms with Crippen molar-refractivity contribution in [3.05, 3.63) is 40.4 Å². The highest BCUT2D eigenvalue weighted by Crippen LogP contribution is 2.40. The fraction of sp³-hybridized carbons (Fsp3) is 0.455. The number of hydrogen-bond donors (Lipinski definition) is 1. The highest BCUT2D eigenvalue weighted by atomic mass is 32.1. The number of amides is 1. The van der Waals surface area contributed by atoms with Crippen LogP contribution in [-0.4, -0.2) is 25.1 Å². The van der Waals surface area contributed by atoms with E-state index in [1.807, 2.05) is 18.2 Å². The van der Waals surface area contributed by atoms with Crippen molar-refractivity contribution >= 4 is 28.5 Å². The van der Waals surface area contributed by atoms with Crippen LogP contribution in [0.1, 0.15) is 43.3 Å². The van der Waals surface area contributed by atoms with Gasteiger partial charge in [0.1, 0.15) is 11.5 Å². The van der Waals surface area contributed by atoms with Crippen molar-refractivity contribution in [1.82, 2.24) is 4.98 Å². The first-order valence-corrected chi connectivity index (χ1v) is 10.3. The number of benzene rings is 1. The van der Waals surface area contributed by atoms with E-state index in [0.29, 0.717) is 28.0 Å². The monoisotopic (exact) mass is 400 g/mol. The molecule has 2 aromatic rings. The molecule has 3 rings (SSSR count). The van der Waals surface area contributed by atoms with Crippen molar-refractivity contribution in [3.63, 3.8) is 0 Å². The number of methoxy groups -OCH3 is 2. The molecule has 1 aromatic carbocycles. The van der Waals surface area contributed by atoms with Crippen LogP contribution in [0.25, 0.3) is 6.08 Å². The van der Waals surface area contributed by atoms with Crippen LogP contribution in [-0.2, 0) is 17.6 Å². The molecule has 0 radical (unpaired) electrons. The number of nitrogens with one attached hydrogen (secondary N) is 1. The molecule has 0 saturated carbocycles. The van der Waals surface area contributed by atoms with Crippen LogP contribution in [0.3, 0.4) is 0 Å². The van der Waals surface area contributed by atoms with Crippen LogP contribution < -0.4 is 14.8 Å². The van der Waals surface area contributed by atoms with E-state index < -0.39 is 0 Å². The van der Waals surface area contributed by atoms with E-state index in [9.17, 15) is 4.79 Å². The smallest absolute Gasteiger partial charge is 0.250 e. The minimum Gasteiger partial charge on any atom is -0.497 e. The average Bonchev–Trinajstić information content (AvgIpc) is 3.06. The van der Waals surface area contributed by atoms with Crippen LogP contribution in [0.15, 0.2) is 24.3 Å². The van der Waals surface area contributed by atoms with E-state index in [2.05, 4.69) is 31.1 Å². The number of ether oxygens (including phenoxy) is 2. The van der Waals surface area contributed by atoms with Gasteiger partial charge in [0.15, 0.2) is 5.13 Å². The molecule has 5 nitrogen and oxygen atoms in total. The van der Waals surface area contributed by atoms with E-state index in [1.165, 1.54) is 11.0 Å². The first-order valence-electron chi connectivity index (χ1n) is 9.50. The van der Waals surface area contributed by atoms with E-state index >= 15 is 0 Å².